The van der Waals surface area contributed by atoms with Crippen molar-refractivity contribution >= 4 is 11.7 Å². The van der Waals surface area contributed by atoms with Gasteiger partial charge in [-0.15, -0.1) is 0 Å². The number of carboxylic acids is 1. The molecule has 1 N–H and O–H groups in total. The molecule has 23 heavy (non-hydrogen) atoms. The summed E-state index contributed by atoms with van der Waals surface area (Å²) in [4.78, 5) is 17.2. The highest BCUT2D eigenvalue weighted by atomic mass is 19.1. The van der Waals surface area contributed by atoms with Crippen LogP contribution in [-0.2, 0) is 15.2 Å². The summed E-state index contributed by atoms with van der Waals surface area (Å²) in [6.07, 6.45) is 0.525. The second kappa shape index (κ2) is 5.83. The van der Waals surface area contributed by atoms with Crippen LogP contribution in [0.2, 0.25) is 0 Å². The lowest BCUT2D eigenvalue weighted by Crippen LogP contribution is -2.39. The van der Waals surface area contributed by atoms with Gasteiger partial charge in [-0.2, -0.15) is 0 Å². The number of benzene rings is 2. The SMILES string of the molecule is CCC1C(C(=O)O)=NOC1(c1ccccc1)c1ccc(F)cc1. The van der Waals surface area contributed by atoms with E-state index in [1.54, 1.807) is 12.1 Å². The Hall–Kier alpha value is -2.69. The van der Waals surface area contributed by atoms with Crippen molar-refractivity contribution in [3.63, 3.8) is 0 Å². The number of oxime groups is 1. The average molecular weight is 313 g/mol. The highest BCUT2D eigenvalue weighted by Gasteiger charge is 2.52. The van der Waals surface area contributed by atoms with Gasteiger partial charge >= 0.3 is 5.97 Å². The number of carboxylic acid groups (broad SMARTS) is 1. The third-order valence-electron chi connectivity index (χ3n) is 4.21. The zero-order valence-electron chi connectivity index (χ0n) is 12.6. The highest BCUT2D eigenvalue weighted by Crippen LogP contribution is 2.46. The van der Waals surface area contributed by atoms with Gasteiger partial charge in [0, 0.05) is 11.1 Å². The third-order valence-corrected chi connectivity index (χ3v) is 4.21. The molecule has 4 nitrogen and oxygen atoms in total. The highest BCUT2D eigenvalue weighted by molar-refractivity contribution is 6.37. The molecule has 2 aromatic carbocycles. The topological polar surface area (TPSA) is 58.9 Å². The maximum Gasteiger partial charge on any atom is 0.354 e. The van der Waals surface area contributed by atoms with Crippen molar-refractivity contribution < 1.29 is 19.1 Å². The fourth-order valence-electron chi connectivity index (χ4n) is 3.17. The van der Waals surface area contributed by atoms with Crippen LogP contribution >= 0.6 is 0 Å². The lowest BCUT2D eigenvalue weighted by Gasteiger charge is -2.33. The molecule has 1 aliphatic heterocycles. The number of halogens is 1. The van der Waals surface area contributed by atoms with E-state index >= 15 is 0 Å². The lowest BCUT2D eigenvalue weighted by molar-refractivity contribution is -0.129. The molecule has 1 heterocycles. The molecule has 2 unspecified atom stereocenters. The van der Waals surface area contributed by atoms with Crippen LogP contribution in [0.5, 0.6) is 0 Å². The van der Waals surface area contributed by atoms with Crippen LogP contribution in [0, 0.1) is 11.7 Å². The molecule has 0 bridgehead atoms. The van der Waals surface area contributed by atoms with Crippen molar-refractivity contribution in [3.05, 3.63) is 71.5 Å². The first-order chi connectivity index (χ1) is 11.1. The minimum Gasteiger partial charge on any atom is -0.477 e. The molecule has 3 rings (SSSR count). The third kappa shape index (κ3) is 2.38. The second-order valence-corrected chi connectivity index (χ2v) is 5.44. The standard InChI is InChI=1S/C18H16FNO3/c1-2-15-16(17(21)22)20-23-18(15,12-6-4-3-5-7-12)13-8-10-14(19)11-9-13/h3-11,15H,2H2,1H3,(H,21,22). The van der Waals surface area contributed by atoms with Crippen LogP contribution in [0.4, 0.5) is 4.39 Å². The van der Waals surface area contributed by atoms with E-state index < -0.39 is 17.5 Å². The number of rotatable bonds is 4. The summed E-state index contributed by atoms with van der Waals surface area (Å²) in [6, 6.07) is 15.2. The van der Waals surface area contributed by atoms with Crippen molar-refractivity contribution in [1.82, 2.24) is 0 Å². The molecule has 0 saturated heterocycles. The number of hydrogen-bond acceptors (Lipinski definition) is 3. The molecule has 5 heteroatoms. The van der Waals surface area contributed by atoms with Crippen LogP contribution in [0.3, 0.4) is 0 Å². The smallest absolute Gasteiger partial charge is 0.354 e. The second-order valence-electron chi connectivity index (χ2n) is 5.44. The zero-order valence-corrected chi connectivity index (χ0v) is 12.6. The number of hydrogen-bond donors (Lipinski definition) is 1. The first kappa shape index (κ1) is 15.2. The van der Waals surface area contributed by atoms with Gasteiger partial charge in [-0.05, 0) is 18.6 Å². The summed E-state index contributed by atoms with van der Waals surface area (Å²) in [7, 11) is 0. The van der Waals surface area contributed by atoms with Gasteiger partial charge in [0.15, 0.2) is 11.3 Å². The first-order valence-electron chi connectivity index (χ1n) is 7.40. The number of nitrogens with zero attached hydrogens (tertiary/aromatic N) is 1. The van der Waals surface area contributed by atoms with Crippen molar-refractivity contribution in [1.29, 1.82) is 0 Å². The Morgan fingerprint density at radius 3 is 2.35 bits per heavy atom. The quantitative estimate of drug-likeness (QED) is 0.939. The van der Waals surface area contributed by atoms with Gasteiger partial charge in [0.25, 0.3) is 0 Å². The molecule has 0 spiro atoms. The van der Waals surface area contributed by atoms with Crippen LogP contribution in [0.1, 0.15) is 24.5 Å². The molecule has 118 valence electrons. The minimum absolute atomic E-state index is 0.0133. The molecular formula is C18H16FNO3. The fraction of sp³-hybridized carbons (Fsp3) is 0.222. The Morgan fingerprint density at radius 1 is 1.17 bits per heavy atom. The number of carbonyl (C=O) groups is 1. The molecule has 1 aliphatic rings. The van der Waals surface area contributed by atoms with E-state index in [4.69, 9.17) is 4.84 Å². The summed E-state index contributed by atoms with van der Waals surface area (Å²) >= 11 is 0. The van der Waals surface area contributed by atoms with Gasteiger partial charge in [0.1, 0.15) is 5.82 Å². The molecule has 2 aromatic rings. The molecule has 2 atom stereocenters. The van der Waals surface area contributed by atoms with Crippen LogP contribution in [0.25, 0.3) is 0 Å². The van der Waals surface area contributed by atoms with Crippen LogP contribution in [0.15, 0.2) is 59.8 Å². The van der Waals surface area contributed by atoms with Gasteiger partial charge < -0.3 is 9.94 Å². The largest absolute Gasteiger partial charge is 0.477 e. The molecule has 0 saturated carbocycles. The molecule has 0 aliphatic carbocycles. The summed E-state index contributed by atoms with van der Waals surface area (Å²) < 4.78 is 13.3. The predicted octanol–water partition coefficient (Wildman–Crippen LogP) is 3.57. The normalized spacial score (nSPS) is 23.2. The van der Waals surface area contributed by atoms with E-state index in [0.717, 1.165) is 5.56 Å². The summed E-state index contributed by atoms with van der Waals surface area (Å²) in [5, 5.41) is 13.3. The summed E-state index contributed by atoms with van der Waals surface area (Å²) in [5.41, 5.74) is 0.397. The Balaban J connectivity index is 2.20. The van der Waals surface area contributed by atoms with Gasteiger partial charge in [-0.25, -0.2) is 9.18 Å². The molecule has 0 radical (unpaired) electrons. The average Bonchev–Trinajstić information content (AvgIpc) is 2.97. The van der Waals surface area contributed by atoms with Crippen LogP contribution < -0.4 is 0 Å². The summed E-state index contributed by atoms with van der Waals surface area (Å²) in [6.45, 7) is 1.89. The van der Waals surface area contributed by atoms with Crippen molar-refractivity contribution in [3.8, 4) is 0 Å². The Morgan fingerprint density at radius 2 is 1.78 bits per heavy atom. The first-order valence-corrected chi connectivity index (χ1v) is 7.40. The van der Waals surface area contributed by atoms with E-state index in [0.29, 0.717) is 12.0 Å². The predicted molar refractivity (Wildman–Crippen MR) is 83.6 cm³/mol. The van der Waals surface area contributed by atoms with Gasteiger partial charge in [0.2, 0.25) is 0 Å². The molecule has 0 amide bonds. The van der Waals surface area contributed by atoms with E-state index in [1.165, 1.54) is 12.1 Å². The monoisotopic (exact) mass is 313 g/mol. The maximum atomic E-state index is 13.3. The van der Waals surface area contributed by atoms with Gasteiger partial charge in [-0.3, -0.25) is 0 Å². The lowest BCUT2D eigenvalue weighted by atomic mass is 9.73. The van der Waals surface area contributed by atoms with Crippen molar-refractivity contribution in [2.45, 2.75) is 18.9 Å². The fourth-order valence-corrected chi connectivity index (χ4v) is 3.17. The van der Waals surface area contributed by atoms with Gasteiger partial charge in [0.05, 0.1) is 5.92 Å². The zero-order chi connectivity index (χ0) is 16.4. The minimum atomic E-state index is -1.10. The van der Waals surface area contributed by atoms with E-state index in [2.05, 4.69) is 5.16 Å². The van der Waals surface area contributed by atoms with Crippen LogP contribution in [-0.4, -0.2) is 16.8 Å². The Bertz CT molecular complexity index is 743. The van der Waals surface area contributed by atoms with Crippen molar-refractivity contribution in [2.75, 3.05) is 0 Å². The number of aliphatic carboxylic acids is 1. The maximum absolute atomic E-state index is 13.3. The van der Waals surface area contributed by atoms with Crippen molar-refractivity contribution in [2.24, 2.45) is 11.1 Å². The van der Waals surface area contributed by atoms with E-state index in [1.807, 2.05) is 37.3 Å². The molecule has 0 fully saturated rings. The summed E-state index contributed by atoms with van der Waals surface area (Å²) in [5.74, 6) is -1.92. The van der Waals surface area contributed by atoms with E-state index in [9.17, 15) is 14.3 Å². The Labute approximate surface area is 133 Å². The molecular weight excluding hydrogens is 297 g/mol. The van der Waals surface area contributed by atoms with Gasteiger partial charge in [-0.1, -0.05) is 54.5 Å². The Kier molecular flexibility index (Phi) is 3.86. The van der Waals surface area contributed by atoms with E-state index in [-0.39, 0.29) is 11.5 Å². The molecule has 0 aromatic heterocycles.